The van der Waals surface area contributed by atoms with E-state index in [9.17, 15) is 9.18 Å². The van der Waals surface area contributed by atoms with Gasteiger partial charge in [-0.05, 0) is 67.1 Å². The van der Waals surface area contributed by atoms with Gasteiger partial charge in [0.25, 0.3) is 0 Å². The van der Waals surface area contributed by atoms with E-state index in [0.717, 1.165) is 38.6 Å². The molecule has 0 radical (unpaired) electrons. The van der Waals surface area contributed by atoms with Crippen LogP contribution in [0.15, 0.2) is 85.3 Å². The summed E-state index contributed by atoms with van der Waals surface area (Å²) in [5.74, 6) is 6.25. The molecular weight excluding hydrogens is 467 g/mol. The topological polar surface area (TPSA) is 84.7 Å². The fraction of sp³-hybridized carbons (Fsp3) is 0.103. The maximum absolute atomic E-state index is 13.6. The smallest absolute Gasteiger partial charge is 0.244 e. The van der Waals surface area contributed by atoms with Crippen LogP contribution in [-0.4, -0.2) is 32.2 Å². The van der Waals surface area contributed by atoms with Crippen molar-refractivity contribution in [2.75, 3.05) is 11.9 Å². The van der Waals surface area contributed by atoms with Crippen LogP contribution in [0.5, 0.6) is 0 Å². The highest BCUT2D eigenvalue weighted by Crippen LogP contribution is 2.26. The molecule has 7 nitrogen and oxygen atoms in total. The number of carbonyl (C=O) groups is 1. The number of amides is 1. The highest BCUT2D eigenvalue weighted by molar-refractivity contribution is 5.93. The maximum atomic E-state index is 13.6. The quantitative estimate of drug-likeness (QED) is 0.260. The lowest BCUT2D eigenvalue weighted by Gasteiger charge is -2.09. The number of allylic oxidation sites excluding steroid dienone is 1. The van der Waals surface area contributed by atoms with E-state index in [4.69, 9.17) is 0 Å². The largest absolute Gasteiger partial charge is 0.342 e. The van der Waals surface area contributed by atoms with E-state index in [-0.39, 0.29) is 18.3 Å². The molecule has 1 amide bonds. The minimum atomic E-state index is -0.261. The summed E-state index contributed by atoms with van der Waals surface area (Å²) < 4.78 is 15.4. The van der Waals surface area contributed by atoms with E-state index in [1.165, 1.54) is 24.5 Å². The van der Waals surface area contributed by atoms with Crippen LogP contribution in [0.4, 0.5) is 15.9 Å². The predicted octanol–water partition coefficient (Wildman–Crippen LogP) is 4.95. The Bertz CT molecular complexity index is 1700. The molecule has 0 unspecified atom stereocenters. The molecule has 0 fully saturated rings. The summed E-state index contributed by atoms with van der Waals surface area (Å²) in [5, 5.41) is 12.3. The molecule has 0 aliphatic rings. The van der Waals surface area contributed by atoms with Gasteiger partial charge in [0.05, 0.1) is 30.3 Å². The van der Waals surface area contributed by atoms with Gasteiger partial charge in [0.2, 0.25) is 5.91 Å². The van der Waals surface area contributed by atoms with Gasteiger partial charge in [-0.3, -0.25) is 9.48 Å². The molecule has 0 saturated heterocycles. The number of carbonyl (C=O) groups excluding carboxylic acids is 1. The number of fused-ring (bicyclic) bond motifs is 2. The fourth-order valence-electron chi connectivity index (χ4n) is 3.96. The number of benzene rings is 3. The number of nitrogens with zero attached hydrogens (tertiary/aromatic N) is 4. The van der Waals surface area contributed by atoms with Crippen molar-refractivity contribution in [3.05, 3.63) is 102 Å². The molecule has 0 saturated carbocycles. The molecule has 5 rings (SSSR count). The van der Waals surface area contributed by atoms with Crippen LogP contribution >= 0.6 is 0 Å². The van der Waals surface area contributed by atoms with Gasteiger partial charge in [0.1, 0.15) is 18.0 Å². The Hall–Kier alpha value is -5.03. The Morgan fingerprint density at radius 1 is 1.11 bits per heavy atom. The lowest BCUT2D eigenvalue weighted by molar-refractivity contribution is -0.116. The van der Waals surface area contributed by atoms with Crippen molar-refractivity contribution in [1.29, 1.82) is 0 Å². The Labute approximate surface area is 213 Å². The minimum absolute atomic E-state index is 0.174. The second-order valence-electron chi connectivity index (χ2n) is 8.30. The minimum Gasteiger partial charge on any atom is -0.342 e. The molecule has 0 spiro atoms. The SMILES string of the molecule is C/C=C/C(=O)NCC#Cc1ccc2ncnc(Nc3ccc4c(cnn4Cc4cccc(F)c4)c3)c2c1. The van der Waals surface area contributed by atoms with Crippen molar-refractivity contribution in [2.24, 2.45) is 0 Å². The summed E-state index contributed by atoms with van der Waals surface area (Å²) in [6.07, 6.45) is 6.44. The first kappa shape index (κ1) is 23.7. The molecule has 182 valence electrons. The van der Waals surface area contributed by atoms with Crippen molar-refractivity contribution in [3.8, 4) is 11.8 Å². The van der Waals surface area contributed by atoms with Crippen LogP contribution in [0.25, 0.3) is 21.8 Å². The molecule has 8 heteroatoms. The van der Waals surface area contributed by atoms with E-state index in [0.29, 0.717) is 12.4 Å². The van der Waals surface area contributed by atoms with Crippen LogP contribution in [0.2, 0.25) is 0 Å². The van der Waals surface area contributed by atoms with E-state index in [2.05, 4.69) is 37.5 Å². The lowest BCUT2D eigenvalue weighted by atomic mass is 10.1. The standard InChI is InChI=1S/C29H23FN6O/c1-2-5-28(37)31-13-4-7-20-9-11-26-25(15-20)29(33-19-32-26)35-24-10-12-27-22(16-24)17-34-36(27)18-21-6-3-8-23(30)14-21/h2-3,5-6,8-12,14-17,19H,13,18H2,1H3,(H,31,37)(H,32,33,35)/b5-2+. The van der Waals surface area contributed by atoms with Gasteiger partial charge in [-0.25, -0.2) is 14.4 Å². The van der Waals surface area contributed by atoms with Crippen molar-refractivity contribution in [3.63, 3.8) is 0 Å². The Morgan fingerprint density at radius 3 is 2.89 bits per heavy atom. The number of rotatable bonds is 6. The van der Waals surface area contributed by atoms with E-state index in [1.807, 2.05) is 47.1 Å². The van der Waals surface area contributed by atoms with Gasteiger partial charge in [0.15, 0.2) is 0 Å². The van der Waals surface area contributed by atoms with Gasteiger partial charge in [0, 0.05) is 22.0 Å². The second kappa shape index (κ2) is 10.7. The van der Waals surface area contributed by atoms with Crippen molar-refractivity contribution >= 4 is 39.2 Å². The Morgan fingerprint density at radius 2 is 2.03 bits per heavy atom. The summed E-state index contributed by atoms with van der Waals surface area (Å²) in [5.41, 5.74) is 4.22. The van der Waals surface area contributed by atoms with Crippen LogP contribution in [-0.2, 0) is 11.3 Å². The predicted molar refractivity (Wildman–Crippen MR) is 143 cm³/mol. The van der Waals surface area contributed by atoms with Crippen LogP contribution < -0.4 is 10.6 Å². The first-order valence-electron chi connectivity index (χ1n) is 11.7. The van der Waals surface area contributed by atoms with E-state index >= 15 is 0 Å². The number of halogens is 1. The number of nitrogens with one attached hydrogen (secondary N) is 2. The third-order valence-corrected chi connectivity index (χ3v) is 5.66. The molecule has 0 atom stereocenters. The van der Waals surface area contributed by atoms with Crippen molar-refractivity contribution in [2.45, 2.75) is 13.5 Å². The molecule has 0 aliphatic heterocycles. The van der Waals surface area contributed by atoms with E-state index < -0.39 is 0 Å². The average Bonchev–Trinajstić information content (AvgIpc) is 3.29. The Kier molecular flexibility index (Phi) is 6.86. The summed E-state index contributed by atoms with van der Waals surface area (Å²) in [6.45, 7) is 2.52. The fourth-order valence-corrected chi connectivity index (χ4v) is 3.96. The molecule has 0 aliphatic carbocycles. The van der Waals surface area contributed by atoms with Crippen LogP contribution in [0.3, 0.4) is 0 Å². The molecule has 3 aromatic carbocycles. The second-order valence-corrected chi connectivity index (χ2v) is 8.30. The molecule has 2 heterocycles. The molecule has 0 bridgehead atoms. The zero-order chi connectivity index (χ0) is 25.6. The number of aromatic nitrogens is 4. The first-order valence-corrected chi connectivity index (χ1v) is 11.7. The molecule has 2 N–H and O–H groups in total. The van der Waals surface area contributed by atoms with Gasteiger partial charge >= 0.3 is 0 Å². The highest BCUT2D eigenvalue weighted by Gasteiger charge is 2.08. The van der Waals surface area contributed by atoms with Gasteiger partial charge < -0.3 is 10.6 Å². The highest BCUT2D eigenvalue weighted by atomic mass is 19.1. The van der Waals surface area contributed by atoms with Crippen molar-refractivity contribution < 1.29 is 9.18 Å². The molecule has 2 aromatic heterocycles. The zero-order valence-corrected chi connectivity index (χ0v) is 20.1. The molecular formula is C29H23FN6O. The maximum Gasteiger partial charge on any atom is 0.244 e. The Balaban J connectivity index is 1.36. The summed E-state index contributed by atoms with van der Waals surface area (Å²) >= 11 is 0. The number of hydrogen-bond donors (Lipinski definition) is 2. The van der Waals surface area contributed by atoms with Crippen LogP contribution in [0.1, 0.15) is 18.1 Å². The third kappa shape index (κ3) is 5.63. The number of anilines is 2. The van der Waals surface area contributed by atoms with Crippen LogP contribution in [0, 0.1) is 17.7 Å². The molecule has 5 aromatic rings. The lowest BCUT2D eigenvalue weighted by Crippen LogP contribution is -2.20. The van der Waals surface area contributed by atoms with Gasteiger partial charge in [-0.2, -0.15) is 5.10 Å². The third-order valence-electron chi connectivity index (χ3n) is 5.66. The monoisotopic (exact) mass is 490 g/mol. The van der Waals surface area contributed by atoms with Gasteiger partial charge in [-0.15, -0.1) is 0 Å². The van der Waals surface area contributed by atoms with Crippen molar-refractivity contribution in [1.82, 2.24) is 25.1 Å². The van der Waals surface area contributed by atoms with E-state index in [1.54, 1.807) is 25.3 Å². The first-order chi connectivity index (χ1) is 18.1. The summed E-state index contributed by atoms with van der Waals surface area (Å²) in [6, 6.07) is 18.2. The average molecular weight is 491 g/mol. The van der Waals surface area contributed by atoms with Gasteiger partial charge in [-0.1, -0.05) is 30.0 Å². The normalized spacial score (nSPS) is 11.0. The summed E-state index contributed by atoms with van der Waals surface area (Å²) in [4.78, 5) is 20.3. The summed E-state index contributed by atoms with van der Waals surface area (Å²) in [7, 11) is 0. The zero-order valence-electron chi connectivity index (χ0n) is 20.1. The molecule has 37 heavy (non-hydrogen) atoms. The number of hydrogen-bond acceptors (Lipinski definition) is 5.